The highest BCUT2D eigenvalue weighted by Crippen LogP contribution is 2.37. The van der Waals surface area contributed by atoms with Crippen molar-refractivity contribution in [2.24, 2.45) is 0 Å². The number of hydrogen-bond donors (Lipinski definition) is 1. The van der Waals surface area contributed by atoms with Gasteiger partial charge in [0.25, 0.3) is 0 Å². The third kappa shape index (κ3) is 2.19. The minimum atomic E-state index is 0.542. The standard InChI is InChI=1S/C17H19N/c1-13(18-12-14-7-3-2-4-8-14)17-11-15-9-5-6-10-16(15)17/h2-10,13,17-18H,11-12H2,1H3/t13-,17-/m0/s1. The number of hydrogen-bond acceptors (Lipinski definition) is 1. The highest BCUT2D eigenvalue weighted by molar-refractivity contribution is 5.41. The molecule has 3 rings (SSSR count). The average molecular weight is 237 g/mol. The Kier molecular flexibility index (Phi) is 3.16. The van der Waals surface area contributed by atoms with Crippen molar-refractivity contribution in [3.8, 4) is 0 Å². The second kappa shape index (κ2) is 4.95. The molecule has 2 aromatic carbocycles. The summed E-state index contributed by atoms with van der Waals surface area (Å²) in [6, 6.07) is 19.9. The fourth-order valence-corrected chi connectivity index (χ4v) is 2.76. The van der Waals surface area contributed by atoms with Gasteiger partial charge in [-0.2, -0.15) is 0 Å². The van der Waals surface area contributed by atoms with Crippen LogP contribution in [0, 0.1) is 0 Å². The van der Waals surface area contributed by atoms with E-state index < -0.39 is 0 Å². The van der Waals surface area contributed by atoms with Crippen LogP contribution in [-0.4, -0.2) is 6.04 Å². The van der Waals surface area contributed by atoms with Crippen LogP contribution < -0.4 is 5.32 Å². The molecule has 1 aliphatic rings. The minimum Gasteiger partial charge on any atom is -0.310 e. The van der Waals surface area contributed by atoms with Gasteiger partial charge in [-0.15, -0.1) is 0 Å². The van der Waals surface area contributed by atoms with Gasteiger partial charge in [-0.3, -0.25) is 0 Å². The molecule has 0 unspecified atom stereocenters. The van der Waals surface area contributed by atoms with Crippen molar-refractivity contribution in [3.63, 3.8) is 0 Å². The zero-order chi connectivity index (χ0) is 12.4. The van der Waals surface area contributed by atoms with Crippen molar-refractivity contribution in [1.29, 1.82) is 0 Å². The molecule has 0 saturated heterocycles. The fourth-order valence-electron chi connectivity index (χ4n) is 2.76. The van der Waals surface area contributed by atoms with Gasteiger partial charge in [-0.25, -0.2) is 0 Å². The van der Waals surface area contributed by atoms with Gasteiger partial charge >= 0.3 is 0 Å². The van der Waals surface area contributed by atoms with Crippen molar-refractivity contribution in [3.05, 3.63) is 71.3 Å². The topological polar surface area (TPSA) is 12.0 Å². The van der Waals surface area contributed by atoms with E-state index in [4.69, 9.17) is 0 Å². The first-order valence-corrected chi connectivity index (χ1v) is 6.69. The molecule has 1 aliphatic carbocycles. The van der Waals surface area contributed by atoms with Crippen molar-refractivity contribution in [1.82, 2.24) is 5.32 Å². The summed E-state index contributed by atoms with van der Waals surface area (Å²) in [6.45, 7) is 3.25. The molecule has 1 nitrogen and oxygen atoms in total. The summed E-state index contributed by atoms with van der Waals surface area (Å²) < 4.78 is 0. The normalized spacial score (nSPS) is 18.8. The molecular weight excluding hydrogens is 218 g/mol. The predicted octanol–water partition coefficient (Wildman–Crippen LogP) is 3.50. The molecule has 0 bridgehead atoms. The Balaban J connectivity index is 1.59. The number of fused-ring (bicyclic) bond motifs is 1. The lowest BCUT2D eigenvalue weighted by molar-refractivity contribution is 0.424. The maximum Gasteiger partial charge on any atom is 0.0208 e. The zero-order valence-electron chi connectivity index (χ0n) is 10.8. The molecule has 0 amide bonds. The number of rotatable bonds is 4. The van der Waals surface area contributed by atoms with Crippen LogP contribution in [-0.2, 0) is 13.0 Å². The Labute approximate surface area is 109 Å². The van der Waals surface area contributed by atoms with Gasteiger partial charge in [-0.1, -0.05) is 54.6 Å². The summed E-state index contributed by atoms with van der Waals surface area (Å²) in [5.74, 6) is 0.685. The van der Waals surface area contributed by atoms with E-state index in [9.17, 15) is 0 Å². The molecule has 2 aromatic rings. The van der Waals surface area contributed by atoms with Gasteiger partial charge in [0.1, 0.15) is 0 Å². The SMILES string of the molecule is C[C@H](NCc1ccccc1)[C@@H]1Cc2ccccc21. The Morgan fingerprint density at radius 2 is 1.78 bits per heavy atom. The van der Waals surface area contributed by atoms with E-state index in [0.717, 1.165) is 6.54 Å². The van der Waals surface area contributed by atoms with Crippen LogP contribution in [0.3, 0.4) is 0 Å². The molecule has 0 saturated carbocycles. The fraction of sp³-hybridized carbons (Fsp3) is 0.294. The number of benzene rings is 2. The lowest BCUT2D eigenvalue weighted by Crippen LogP contribution is -2.37. The van der Waals surface area contributed by atoms with Crippen LogP contribution in [0.5, 0.6) is 0 Å². The average Bonchev–Trinajstić information content (AvgIpc) is 2.39. The predicted molar refractivity (Wildman–Crippen MR) is 75.6 cm³/mol. The molecule has 0 spiro atoms. The Morgan fingerprint density at radius 1 is 1.06 bits per heavy atom. The quantitative estimate of drug-likeness (QED) is 0.858. The molecule has 2 atom stereocenters. The Hall–Kier alpha value is -1.60. The molecule has 0 radical (unpaired) electrons. The first-order chi connectivity index (χ1) is 8.84. The van der Waals surface area contributed by atoms with Gasteiger partial charge in [0, 0.05) is 18.5 Å². The summed E-state index contributed by atoms with van der Waals surface area (Å²) in [6.07, 6.45) is 1.22. The van der Waals surface area contributed by atoms with Crippen LogP contribution in [0.25, 0.3) is 0 Å². The molecular formula is C17H19N. The van der Waals surface area contributed by atoms with Crippen molar-refractivity contribution >= 4 is 0 Å². The molecule has 1 heteroatoms. The van der Waals surface area contributed by atoms with E-state index in [1.54, 1.807) is 0 Å². The van der Waals surface area contributed by atoms with Crippen LogP contribution in [0.15, 0.2) is 54.6 Å². The summed E-state index contributed by atoms with van der Waals surface area (Å²) >= 11 is 0. The molecule has 0 aromatic heterocycles. The van der Waals surface area contributed by atoms with Gasteiger partial charge in [-0.05, 0) is 30.0 Å². The van der Waals surface area contributed by atoms with E-state index in [1.165, 1.54) is 23.1 Å². The first-order valence-electron chi connectivity index (χ1n) is 6.69. The van der Waals surface area contributed by atoms with E-state index in [-0.39, 0.29) is 0 Å². The second-order valence-electron chi connectivity index (χ2n) is 5.16. The minimum absolute atomic E-state index is 0.542. The molecule has 1 N–H and O–H groups in total. The summed E-state index contributed by atoms with van der Waals surface area (Å²) in [5, 5.41) is 3.64. The molecule has 18 heavy (non-hydrogen) atoms. The van der Waals surface area contributed by atoms with Crippen molar-refractivity contribution in [2.45, 2.75) is 31.8 Å². The Morgan fingerprint density at radius 3 is 2.56 bits per heavy atom. The Bertz CT molecular complexity index is 518. The van der Waals surface area contributed by atoms with Gasteiger partial charge in [0.2, 0.25) is 0 Å². The third-order valence-electron chi connectivity index (χ3n) is 3.97. The van der Waals surface area contributed by atoms with Gasteiger partial charge in [0.15, 0.2) is 0 Å². The lowest BCUT2D eigenvalue weighted by atomic mass is 9.74. The van der Waals surface area contributed by atoms with Crippen molar-refractivity contribution in [2.75, 3.05) is 0 Å². The summed E-state index contributed by atoms with van der Waals surface area (Å²) in [4.78, 5) is 0. The second-order valence-corrected chi connectivity index (χ2v) is 5.16. The van der Waals surface area contributed by atoms with Crippen LogP contribution in [0.1, 0.15) is 29.5 Å². The largest absolute Gasteiger partial charge is 0.310 e. The first kappa shape index (κ1) is 11.5. The maximum absolute atomic E-state index is 3.64. The maximum atomic E-state index is 3.64. The van der Waals surface area contributed by atoms with Crippen LogP contribution in [0.2, 0.25) is 0 Å². The monoisotopic (exact) mass is 237 g/mol. The highest BCUT2D eigenvalue weighted by Gasteiger charge is 2.29. The van der Waals surface area contributed by atoms with E-state index in [0.29, 0.717) is 12.0 Å². The molecule has 0 fully saturated rings. The van der Waals surface area contributed by atoms with Crippen LogP contribution >= 0.6 is 0 Å². The summed E-state index contributed by atoms with van der Waals surface area (Å²) in [5.41, 5.74) is 4.42. The lowest BCUT2D eigenvalue weighted by Gasteiger charge is -2.35. The van der Waals surface area contributed by atoms with E-state index in [1.807, 2.05) is 0 Å². The molecule has 92 valence electrons. The van der Waals surface area contributed by atoms with Gasteiger partial charge in [0.05, 0.1) is 0 Å². The molecule has 0 heterocycles. The third-order valence-corrected chi connectivity index (χ3v) is 3.97. The van der Waals surface area contributed by atoms with E-state index in [2.05, 4.69) is 66.8 Å². The smallest absolute Gasteiger partial charge is 0.0208 e. The van der Waals surface area contributed by atoms with Crippen molar-refractivity contribution < 1.29 is 0 Å². The zero-order valence-corrected chi connectivity index (χ0v) is 10.8. The molecule has 0 aliphatic heterocycles. The van der Waals surface area contributed by atoms with Gasteiger partial charge < -0.3 is 5.32 Å². The highest BCUT2D eigenvalue weighted by atomic mass is 14.9. The number of nitrogens with one attached hydrogen (secondary N) is 1. The van der Waals surface area contributed by atoms with Crippen LogP contribution in [0.4, 0.5) is 0 Å². The van der Waals surface area contributed by atoms with E-state index >= 15 is 0 Å². The summed E-state index contributed by atoms with van der Waals surface area (Å²) in [7, 11) is 0.